The maximum Gasteiger partial charge on any atom is 0.269 e. The monoisotopic (exact) mass is 403 g/mol. The van der Waals surface area contributed by atoms with Crippen LogP contribution < -0.4 is 5.56 Å². The number of hydrogen-bond donors (Lipinski definition) is 0. The van der Waals surface area contributed by atoms with Crippen LogP contribution in [0.5, 0.6) is 0 Å². The quantitative estimate of drug-likeness (QED) is 0.205. The SMILES string of the molecule is Cc1cccc(CSc2nc3ccccc3c(=O)n2-c2ccc([N+](=O)[O-])cc2)c1. The molecule has 0 saturated heterocycles. The van der Waals surface area contributed by atoms with E-state index in [0.717, 1.165) is 5.56 Å². The second-order valence-corrected chi connectivity index (χ2v) is 7.55. The lowest BCUT2D eigenvalue weighted by Gasteiger charge is -2.13. The van der Waals surface area contributed by atoms with Gasteiger partial charge in [0.15, 0.2) is 5.16 Å². The predicted octanol–water partition coefficient (Wildman–Crippen LogP) is 4.89. The number of rotatable bonds is 5. The van der Waals surface area contributed by atoms with Gasteiger partial charge in [0, 0.05) is 17.9 Å². The number of fused-ring (bicyclic) bond motifs is 1. The third-order valence-electron chi connectivity index (χ3n) is 4.51. The largest absolute Gasteiger partial charge is 0.269 e. The van der Waals surface area contributed by atoms with E-state index in [-0.39, 0.29) is 11.2 Å². The number of benzene rings is 3. The van der Waals surface area contributed by atoms with Gasteiger partial charge in [0.25, 0.3) is 11.2 Å². The van der Waals surface area contributed by atoms with Crippen molar-refractivity contribution >= 4 is 28.4 Å². The summed E-state index contributed by atoms with van der Waals surface area (Å²) in [6.07, 6.45) is 0. The molecule has 0 atom stereocenters. The number of thioether (sulfide) groups is 1. The Hall–Kier alpha value is -3.45. The summed E-state index contributed by atoms with van der Waals surface area (Å²) in [5.41, 5.74) is 3.25. The van der Waals surface area contributed by atoms with Crippen LogP contribution in [0.1, 0.15) is 11.1 Å². The molecule has 0 bridgehead atoms. The second-order valence-electron chi connectivity index (χ2n) is 6.60. The molecular weight excluding hydrogens is 386 g/mol. The molecule has 4 rings (SSSR count). The van der Waals surface area contributed by atoms with Gasteiger partial charge in [-0.3, -0.25) is 19.5 Å². The fourth-order valence-electron chi connectivity index (χ4n) is 3.11. The Kier molecular flexibility index (Phi) is 5.14. The van der Waals surface area contributed by atoms with Crippen molar-refractivity contribution in [3.8, 4) is 5.69 Å². The number of para-hydroxylation sites is 1. The van der Waals surface area contributed by atoms with E-state index in [1.54, 1.807) is 24.3 Å². The van der Waals surface area contributed by atoms with Crippen LogP contribution >= 0.6 is 11.8 Å². The van der Waals surface area contributed by atoms with E-state index in [4.69, 9.17) is 4.98 Å². The summed E-state index contributed by atoms with van der Waals surface area (Å²) >= 11 is 1.46. The van der Waals surface area contributed by atoms with E-state index in [0.29, 0.717) is 27.5 Å². The molecular formula is C22H17N3O3S. The van der Waals surface area contributed by atoms with E-state index in [1.165, 1.54) is 34.0 Å². The van der Waals surface area contributed by atoms with Crippen LogP contribution in [0.25, 0.3) is 16.6 Å². The van der Waals surface area contributed by atoms with Crippen molar-refractivity contribution in [2.24, 2.45) is 0 Å². The van der Waals surface area contributed by atoms with E-state index in [9.17, 15) is 14.9 Å². The first-order valence-corrected chi connectivity index (χ1v) is 9.96. The van der Waals surface area contributed by atoms with E-state index in [1.807, 2.05) is 37.3 Å². The first-order valence-electron chi connectivity index (χ1n) is 8.98. The Bertz CT molecular complexity index is 1270. The van der Waals surface area contributed by atoms with Gasteiger partial charge in [-0.25, -0.2) is 4.98 Å². The van der Waals surface area contributed by atoms with Gasteiger partial charge in [-0.1, -0.05) is 53.7 Å². The second kappa shape index (κ2) is 7.89. The molecule has 29 heavy (non-hydrogen) atoms. The van der Waals surface area contributed by atoms with E-state index >= 15 is 0 Å². The number of aryl methyl sites for hydroxylation is 1. The first kappa shape index (κ1) is 18.9. The van der Waals surface area contributed by atoms with Crippen LogP contribution in [0.4, 0.5) is 5.69 Å². The summed E-state index contributed by atoms with van der Waals surface area (Å²) in [6.45, 7) is 2.04. The van der Waals surface area contributed by atoms with Crippen molar-refractivity contribution < 1.29 is 4.92 Å². The molecule has 0 aliphatic rings. The Morgan fingerprint density at radius 3 is 2.52 bits per heavy atom. The number of hydrogen-bond acceptors (Lipinski definition) is 5. The average Bonchev–Trinajstić information content (AvgIpc) is 2.72. The lowest BCUT2D eigenvalue weighted by Crippen LogP contribution is -2.21. The Morgan fingerprint density at radius 2 is 1.79 bits per heavy atom. The van der Waals surface area contributed by atoms with E-state index < -0.39 is 4.92 Å². The molecule has 3 aromatic carbocycles. The van der Waals surface area contributed by atoms with Gasteiger partial charge in [0.05, 0.1) is 21.5 Å². The van der Waals surface area contributed by atoms with Crippen LogP contribution in [0.3, 0.4) is 0 Å². The van der Waals surface area contributed by atoms with Gasteiger partial charge >= 0.3 is 0 Å². The van der Waals surface area contributed by atoms with Crippen LogP contribution in [-0.4, -0.2) is 14.5 Å². The van der Waals surface area contributed by atoms with Gasteiger partial charge in [-0.2, -0.15) is 0 Å². The average molecular weight is 403 g/mol. The Balaban J connectivity index is 1.82. The number of non-ortho nitro benzene ring substituents is 1. The fraction of sp³-hybridized carbons (Fsp3) is 0.0909. The summed E-state index contributed by atoms with van der Waals surface area (Å²) < 4.78 is 1.52. The molecule has 0 aliphatic carbocycles. The topological polar surface area (TPSA) is 78.0 Å². The summed E-state index contributed by atoms with van der Waals surface area (Å²) in [4.78, 5) is 28.4. The molecule has 7 heteroatoms. The molecule has 0 saturated carbocycles. The van der Waals surface area contributed by atoms with Gasteiger partial charge in [0.2, 0.25) is 0 Å². The highest BCUT2D eigenvalue weighted by molar-refractivity contribution is 7.98. The molecule has 0 unspecified atom stereocenters. The zero-order chi connectivity index (χ0) is 20.4. The Morgan fingerprint density at radius 1 is 1.03 bits per heavy atom. The van der Waals surface area contributed by atoms with Crippen LogP contribution in [0.2, 0.25) is 0 Å². The Labute approximate surface area is 171 Å². The maximum absolute atomic E-state index is 13.2. The minimum Gasteiger partial charge on any atom is -0.268 e. The maximum atomic E-state index is 13.2. The van der Waals surface area contributed by atoms with Crippen LogP contribution in [0, 0.1) is 17.0 Å². The minimum absolute atomic E-state index is 0.0236. The zero-order valence-corrected chi connectivity index (χ0v) is 16.4. The first-order chi connectivity index (χ1) is 14.0. The highest BCUT2D eigenvalue weighted by atomic mass is 32.2. The molecule has 0 radical (unpaired) electrons. The third kappa shape index (κ3) is 3.90. The number of nitrogens with zero attached hydrogens (tertiary/aromatic N) is 3. The molecule has 0 aliphatic heterocycles. The van der Waals surface area contributed by atoms with Crippen molar-refractivity contribution in [1.29, 1.82) is 0 Å². The van der Waals surface area contributed by atoms with Gasteiger partial charge in [-0.05, 0) is 36.8 Å². The summed E-state index contributed by atoms with van der Waals surface area (Å²) in [5, 5.41) is 12.0. The van der Waals surface area contributed by atoms with Crippen molar-refractivity contribution in [1.82, 2.24) is 9.55 Å². The summed E-state index contributed by atoms with van der Waals surface area (Å²) in [7, 11) is 0. The van der Waals surface area contributed by atoms with Crippen molar-refractivity contribution in [3.63, 3.8) is 0 Å². The molecule has 6 nitrogen and oxygen atoms in total. The lowest BCUT2D eigenvalue weighted by atomic mass is 10.2. The van der Waals surface area contributed by atoms with Crippen molar-refractivity contribution in [2.75, 3.05) is 0 Å². The molecule has 4 aromatic rings. The number of nitro benzene ring substituents is 1. The number of nitro groups is 1. The van der Waals surface area contributed by atoms with Gasteiger partial charge < -0.3 is 0 Å². The molecule has 0 N–H and O–H groups in total. The molecule has 1 heterocycles. The summed E-state index contributed by atoms with van der Waals surface area (Å²) in [5.74, 6) is 0.652. The van der Waals surface area contributed by atoms with Gasteiger partial charge in [-0.15, -0.1) is 0 Å². The summed E-state index contributed by atoms with van der Waals surface area (Å²) in [6, 6.07) is 21.3. The van der Waals surface area contributed by atoms with Gasteiger partial charge in [0.1, 0.15) is 0 Å². The standard InChI is InChI=1S/C22H17N3O3S/c1-15-5-4-6-16(13-15)14-29-22-23-20-8-3-2-7-19(20)21(26)24(22)17-9-11-18(12-10-17)25(27)28/h2-13H,14H2,1H3. The molecule has 0 spiro atoms. The molecule has 0 amide bonds. The predicted molar refractivity (Wildman–Crippen MR) is 115 cm³/mol. The fourth-order valence-corrected chi connectivity index (χ4v) is 4.07. The highest BCUT2D eigenvalue weighted by Gasteiger charge is 2.14. The normalized spacial score (nSPS) is 10.9. The minimum atomic E-state index is -0.460. The zero-order valence-electron chi connectivity index (χ0n) is 15.6. The van der Waals surface area contributed by atoms with Crippen molar-refractivity contribution in [3.05, 3.63) is 104 Å². The highest BCUT2D eigenvalue weighted by Crippen LogP contribution is 2.25. The van der Waals surface area contributed by atoms with Crippen molar-refractivity contribution in [2.45, 2.75) is 17.8 Å². The molecule has 1 aromatic heterocycles. The lowest BCUT2D eigenvalue weighted by molar-refractivity contribution is -0.384. The van der Waals surface area contributed by atoms with Crippen LogP contribution in [0.15, 0.2) is 82.7 Å². The third-order valence-corrected chi connectivity index (χ3v) is 5.52. The van der Waals surface area contributed by atoms with E-state index in [2.05, 4.69) is 6.07 Å². The molecule has 144 valence electrons. The smallest absolute Gasteiger partial charge is 0.268 e. The molecule has 0 fully saturated rings. The van der Waals surface area contributed by atoms with Crippen LogP contribution in [-0.2, 0) is 5.75 Å². The number of aromatic nitrogens is 2.